The molecule has 0 atom stereocenters. The third-order valence-electron chi connectivity index (χ3n) is 3.55. The molecule has 2 aromatic rings. The molecule has 0 aliphatic carbocycles. The molecule has 0 bridgehead atoms. The molecule has 22 heavy (non-hydrogen) atoms. The smallest absolute Gasteiger partial charge is 0.330 e. The number of hydrogen-bond donors (Lipinski definition) is 1. The number of nitrogens with one attached hydrogen (secondary N) is 1. The SMILES string of the molecule is CCOC(=O)/C=C/c1oc2ccc(Cl)c3c2c1CNCC3.Cl. The van der Waals surface area contributed by atoms with Gasteiger partial charge in [-0.1, -0.05) is 11.6 Å². The van der Waals surface area contributed by atoms with Crippen LogP contribution in [0, 0.1) is 0 Å². The summed E-state index contributed by atoms with van der Waals surface area (Å²) >= 11 is 6.30. The molecule has 6 heteroatoms. The third-order valence-corrected chi connectivity index (χ3v) is 3.90. The number of halogens is 2. The largest absolute Gasteiger partial charge is 0.463 e. The minimum Gasteiger partial charge on any atom is -0.463 e. The Morgan fingerprint density at radius 2 is 2.27 bits per heavy atom. The fraction of sp³-hybridized carbons (Fsp3) is 0.312. The van der Waals surface area contributed by atoms with E-state index in [4.69, 9.17) is 20.8 Å². The van der Waals surface area contributed by atoms with E-state index in [-0.39, 0.29) is 18.4 Å². The van der Waals surface area contributed by atoms with Gasteiger partial charge < -0.3 is 14.5 Å². The van der Waals surface area contributed by atoms with Crippen LogP contribution in [0.15, 0.2) is 22.6 Å². The summed E-state index contributed by atoms with van der Waals surface area (Å²) in [5, 5.41) is 5.18. The maximum absolute atomic E-state index is 11.4. The Balaban J connectivity index is 0.00000176. The van der Waals surface area contributed by atoms with Gasteiger partial charge >= 0.3 is 5.97 Å². The van der Waals surface area contributed by atoms with Crippen LogP contribution in [0.2, 0.25) is 5.02 Å². The van der Waals surface area contributed by atoms with Gasteiger partial charge in [-0.15, -0.1) is 12.4 Å². The van der Waals surface area contributed by atoms with E-state index >= 15 is 0 Å². The molecule has 118 valence electrons. The summed E-state index contributed by atoms with van der Waals surface area (Å²) in [5.41, 5.74) is 2.95. The van der Waals surface area contributed by atoms with E-state index in [1.807, 2.05) is 12.1 Å². The standard InChI is InChI=1S/C16H16ClNO3.ClH/c1-2-20-15(19)6-5-13-11-9-18-8-7-10-12(17)3-4-14(21-13)16(10)11;/h3-6,18H,2,7-9H2,1H3;1H/b6-5+;. The van der Waals surface area contributed by atoms with Crippen LogP contribution in [0.1, 0.15) is 23.8 Å². The fourth-order valence-electron chi connectivity index (χ4n) is 2.64. The van der Waals surface area contributed by atoms with E-state index < -0.39 is 0 Å². The van der Waals surface area contributed by atoms with E-state index in [1.54, 1.807) is 13.0 Å². The number of rotatable bonds is 3. The highest BCUT2D eigenvalue weighted by atomic mass is 35.5. The predicted octanol–water partition coefficient (Wildman–Crippen LogP) is 3.73. The Kier molecular flexibility index (Phi) is 5.51. The summed E-state index contributed by atoms with van der Waals surface area (Å²) in [6.45, 7) is 3.70. The first-order valence-corrected chi connectivity index (χ1v) is 7.36. The van der Waals surface area contributed by atoms with Crippen molar-refractivity contribution in [3.8, 4) is 0 Å². The van der Waals surface area contributed by atoms with Gasteiger partial charge in [-0.2, -0.15) is 0 Å². The van der Waals surface area contributed by atoms with Crippen molar-refractivity contribution >= 4 is 47.0 Å². The predicted molar refractivity (Wildman–Crippen MR) is 89.5 cm³/mol. The molecule has 0 saturated heterocycles. The van der Waals surface area contributed by atoms with Crippen LogP contribution < -0.4 is 5.32 Å². The highest BCUT2D eigenvalue weighted by Crippen LogP contribution is 2.35. The first kappa shape index (κ1) is 16.9. The van der Waals surface area contributed by atoms with Crippen molar-refractivity contribution in [3.63, 3.8) is 0 Å². The Bertz CT molecular complexity index is 722. The zero-order valence-electron chi connectivity index (χ0n) is 12.1. The lowest BCUT2D eigenvalue weighted by molar-refractivity contribution is -0.137. The molecule has 0 fully saturated rings. The molecule has 0 amide bonds. The van der Waals surface area contributed by atoms with Crippen molar-refractivity contribution in [3.05, 3.63) is 40.1 Å². The Hall–Kier alpha value is -1.49. The van der Waals surface area contributed by atoms with Gasteiger partial charge in [-0.3, -0.25) is 0 Å². The lowest BCUT2D eigenvalue weighted by atomic mass is 10.0. The molecular formula is C16H17Cl2NO3. The van der Waals surface area contributed by atoms with Gasteiger partial charge in [0.15, 0.2) is 0 Å². The van der Waals surface area contributed by atoms with Crippen LogP contribution in [0.3, 0.4) is 0 Å². The van der Waals surface area contributed by atoms with E-state index in [2.05, 4.69) is 5.32 Å². The van der Waals surface area contributed by atoms with Gasteiger partial charge in [0.2, 0.25) is 0 Å². The number of hydrogen-bond acceptors (Lipinski definition) is 4. The van der Waals surface area contributed by atoms with Crippen LogP contribution in [0.4, 0.5) is 0 Å². The lowest BCUT2D eigenvalue weighted by Gasteiger charge is -2.02. The maximum Gasteiger partial charge on any atom is 0.330 e. The number of ether oxygens (including phenoxy) is 1. The monoisotopic (exact) mass is 341 g/mol. The number of esters is 1. The van der Waals surface area contributed by atoms with Crippen LogP contribution in [0.5, 0.6) is 0 Å². The van der Waals surface area contributed by atoms with Crippen molar-refractivity contribution in [1.82, 2.24) is 5.32 Å². The van der Waals surface area contributed by atoms with Gasteiger partial charge in [-0.05, 0) is 43.7 Å². The molecule has 0 unspecified atom stereocenters. The van der Waals surface area contributed by atoms with Crippen LogP contribution in [-0.4, -0.2) is 19.1 Å². The average Bonchev–Trinajstić information content (AvgIpc) is 2.66. The number of benzene rings is 1. The Labute approximate surface area is 139 Å². The van der Waals surface area contributed by atoms with Crippen LogP contribution in [-0.2, 0) is 22.5 Å². The van der Waals surface area contributed by atoms with E-state index in [9.17, 15) is 4.79 Å². The molecule has 0 spiro atoms. The normalized spacial score (nSPS) is 13.9. The number of carbonyl (C=O) groups is 1. The van der Waals surface area contributed by atoms with Gasteiger partial charge in [0.05, 0.1) is 6.61 Å². The van der Waals surface area contributed by atoms with E-state index in [0.29, 0.717) is 18.9 Å². The van der Waals surface area contributed by atoms with Crippen molar-refractivity contribution in [1.29, 1.82) is 0 Å². The van der Waals surface area contributed by atoms with Crippen molar-refractivity contribution in [2.24, 2.45) is 0 Å². The molecule has 0 saturated carbocycles. The first-order chi connectivity index (χ1) is 10.2. The lowest BCUT2D eigenvalue weighted by Crippen LogP contribution is -2.14. The molecular weight excluding hydrogens is 325 g/mol. The molecule has 4 nitrogen and oxygen atoms in total. The Morgan fingerprint density at radius 3 is 3.05 bits per heavy atom. The molecule has 1 aliphatic heterocycles. The highest BCUT2D eigenvalue weighted by molar-refractivity contribution is 6.32. The summed E-state index contributed by atoms with van der Waals surface area (Å²) in [5.74, 6) is 0.306. The zero-order chi connectivity index (χ0) is 14.8. The summed E-state index contributed by atoms with van der Waals surface area (Å²) in [6.07, 6.45) is 3.92. The summed E-state index contributed by atoms with van der Waals surface area (Å²) in [7, 11) is 0. The number of furan rings is 1. The minimum atomic E-state index is -0.370. The van der Waals surface area contributed by atoms with Crippen LogP contribution in [0.25, 0.3) is 17.0 Å². The molecule has 1 aromatic heterocycles. The molecule has 1 N–H and O–H groups in total. The molecule has 3 rings (SSSR count). The first-order valence-electron chi connectivity index (χ1n) is 6.99. The maximum atomic E-state index is 11.4. The zero-order valence-corrected chi connectivity index (χ0v) is 13.7. The number of carbonyl (C=O) groups excluding carboxylic acids is 1. The molecule has 0 radical (unpaired) electrons. The highest BCUT2D eigenvalue weighted by Gasteiger charge is 2.20. The van der Waals surface area contributed by atoms with Crippen molar-refractivity contribution < 1.29 is 13.9 Å². The van der Waals surface area contributed by atoms with Gasteiger partial charge in [0.25, 0.3) is 0 Å². The average molecular weight is 342 g/mol. The van der Waals surface area contributed by atoms with E-state index in [1.165, 1.54) is 6.08 Å². The third kappa shape index (κ3) is 3.14. The quantitative estimate of drug-likeness (QED) is 0.682. The second-order valence-corrected chi connectivity index (χ2v) is 5.26. The summed E-state index contributed by atoms with van der Waals surface area (Å²) in [4.78, 5) is 11.4. The summed E-state index contributed by atoms with van der Waals surface area (Å²) < 4.78 is 10.7. The molecule has 1 aliphatic rings. The topological polar surface area (TPSA) is 51.5 Å². The molecule has 2 heterocycles. The fourth-order valence-corrected chi connectivity index (χ4v) is 2.89. The molecule has 1 aromatic carbocycles. The summed E-state index contributed by atoms with van der Waals surface area (Å²) in [6, 6.07) is 3.73. The second kappa shape index (κ2) is 7.18. The van der Waals surface area contributed by atoms with Gasteiger partial charge in [0, 0.05) is 28.6 Å². The second-order valence-electron chi connectivity index (χ2n) is 4.86. The minimum absolute atomic E-state index is 0. The van der Waals surface area contributed by atoms with Gasteiger partial charge in [-0.25, -0.2) is 4.79 Å². The Morgan fingerprint density at radius 1 is 1.45 bits per heavy atom. The van der Waals surface area contributed by atoms with E-state index in [0.717, 1.165) is 40.1 Å². The van der Waals surface area contributed by atoms with Crippen molar-refractivity contribution in [2.75, 3.05) is 13.2 Å². The van der Waals surface area contributed by atoms with Crippen LogP contribution >= 0.6 is 24.0 Å². The van der Waals surface area contributed by atoms with Gasteiger partial charge in [0.1, 0.15) is 11.3 Å². The van der Waals surface area contributed by atoms with Crippen molar-refractivity contribution in [2.45, 2.75) is 19.9 Å².